The van der Waals surface area contributed by atoms with Crippen LogP contribution in [0.4, 0.5) is 5.13 Å². The molecule has 37 heavy (non-hydrogen) atoms. The molecule has 0 bridgehead atoms. The maximum Gasteiger partial charge on any atom is 0.243 e. The van der Waals surface area contributed by atoms with Gasteiger partial charge in [0.15, 0.2) is 5.13 Å². The molecule has 1 saturated heterocycles. The molecule has 0 unspecified atom stereocenters. The number of thiazole rings is 1. The highest BCUT2D eigenvalue weighted by Gasteiger charge is 2.34. The molecule has 1 fully saturated rings. The lowest BCUT2D eigenvalue weighted by Crippen LogP contribution is -2.49. The molecule has 2 heterocycles. The van der Waals surface area contributed by atoms with Crippen LogP contribution in [0, 0.1) is 13.8 Å². The van der Waals surface area contributed by atoms with Crippen molar-refractivity contribution in [1.29, 1.82) is 0 Å². The highest BCUT2D eigenvalue weighted by atomic mass is 32.2. The number of rotatable bonds is 7. The summed E-state index contributed by atoms with van der Waals surface area (Å²) in [6.45, 7) is 19.1. The van der Waals surface area contributed by atoms with Gasteiger partial charge in [-0.05, 0) is 59.9 Å². The van der Waals surface area contributed by atoms with Gasteiger partial charge in [-0.3, -0.25) is 0 Å². The molecule has 0 N–H and O–H groups in total. The van der Waals surface area contributed by atoms with E-state index in [2.05, 4.69) is 96.0 Å². The van der Waals surface area contributed by atoms with Gasteiger partial charge in [0, 0.05) is 37.1 Å². The van der Waals surface area contributed by atoms with Crippen molar-refractivity contribution in [3.63, 3.8) is 0 Å². The molecule has 4 rings (SSSR count). The second-order valence-electron chi connectivity index (χ2n) is 11.2. The van der Waals surface area contributed by atoms with Crippen LogP contribution in [-0.2, 0) is 10.0 Å². The minimum absolute atomic E-state index is 0.126. The Bertz CT molecular complexity index is 1340. The molecule has 0 amide bonds. The molecular weight excluding hydrogens is 498 g/mol. The zero-order valence-electron chi connectivity index (χ0n) is 23.5. The lowest BCUT2D eigenvalue weighted by molar-refractivity contribution is 0.383. The van der Waals surface area contributed by atoms with Gasteiger partial charge in [-0.25, -0.2) is 13.4 Å². The van der Waals surface area contributed by atoms with Crippen molar-refractivity contribution in [1.82, 2.24) is 9.29 Å². The fraction of sp³-hybridized carbons (Fsp3) is 0.500. The van der Waals surface area contributed by atoms with Crippen molar-refractivity contribution in [2.45, 2.75) is 78.0 Å². The van der Waals surface area contributed by atoms with Gasteiger partial charge in [0.2, 0.25) is 10.0 Å². The van der Waals surface area contributed by atoms with E-state index < -0.39 is 10.0 Å². The lowest BCUT2D eigenvalue weighted by atomic mass is 9.89. The number of benzene rings is 2. The third-order valence-corrected chi connectivity index (χ3v) is 10.3. The van der Waals surface area contributed by atoms with Crippen LogP contribution in [0.15, 0.2) is 40.6 Å². The summed E-state index contributed by atoms with van der Waals surface area (Å²) in [6.07, 6.45) is 0. The first kappa shape index (κ1) is 27.8. The number of piperazine rings is 1. The highest BCUT2D eigenvalue weighted by Crippen LogP contribution is 2.37. The summed E-state index contributed by atoms with van der Waals surface area (Å²) < 4.78 is 29.9. The Morgan fingerprint density at radius 1 is 0.838 bits per heavy atom. The van der Waals surface area contributed by atoms with Crippen LogP contribution < -0.4 is 4.90 Å². The minimum Gasteiger partial charge on any atom is -0.345 e. The van der Waals surface area contributed by atoms with Gasteiger partial charge in [-0.15, -0.1) is 11.3 Å². The molecule has 1 aliphatic heterocycles. The summed E-state index contributed by atoms with van der Waals surface area (Å²) in [4.78, 5) is 7.68. The first-order chi connectivity index (χ1) is 17.4. The summed E-state index contributed by atoms with van der Waals surface area (Å²) >= 11 is 1.63. The molecular formula is C30H41N3O2S2. The Labute approximate surface area is 227 Å². The zero-order valence-corrected chi connectivity index (χ0v) is 25.1. The number of aryl methyl sites for hydroxylation is 2. The standard InChI is InChI=1S/C30H41N3O2S2/c1-19(2)24-16-25(20(3)4)29(26(17-24)21(5)6)37(34,35)33-13-11-32(12-14-33)30-31-28(18-36-30)27-15-22(7)9-10-23(27)8/h9-10,15-21H,11-14H2,1-8H3. The summed E-state index contributed by atoms with van der Waals surface area (Å²) in [5.74, 6) is 0.601. The number of nitrogens with zero attached hydrogens (tertiary/aromatic N) is 3. The van der Waals surface area contributed by atoms with Crippen molar-refractivity contribution in [3.8, 4) is 11.3 Å². The maximum absolute atomic E-state index is 14.1. The van der Waals surface area contributed by atoms with Crippen LogP contribution in [0.5, 0.6) is 0 Å². The molecule has 200 valence electrons. The van der Waals surface area contributed by atoms with Crippen molar-refractivity contribution in [2.75, 3.05) is 31.1 Å². The lowest BCUT2D eigenvalue weighted by Gasteiger charge is -2.35. The van der Waals surface area contributed by atoms with Gasteiger partial charge in [0.1, 0.15) is 0 Å². The number of hydrogen-bond acceptors (Lipinski definition) is 5. The van der Waals surface area contributed by atoms with E-state index in [1.165, 1.54) is 16.7 Å². The Morgan fingerprint density at radius 2 is 1.43 bits per heavy atom. The van der Waals surface area contributed by atoms with Crippen molar-refractivity contribution < 1.29 is 8.42 Å². The normalized spacial score (nSPS) is 15.4. The number of hydrogen-bond donors (Lipinski definition) is 0. The molecule has 2 aromatic carbocycles. The monoisotopic (exact) mass is 539 g/mol. The molecule has 3 aromatic rings. The summed E-state index contributed by atoms with van der Waals surface area (Å²) in [7, 11) is -3.62. The van der Waals surface area contributed by atoms with Crippen LogP contribution in [-0.4, -0.2) is 43.9 Å². The number of sulfonamides is 1. The van der Waals surface area contributed by atoms with Gasteiger partial charge < -0.3 is 4.90 Å². The smallest absolute Gasteiger partial charge is 0.243 e. The first-order valence-electron chi connectivity index (χ1n) is 13.4. The van der Waals surface area contributed by atoms with Gasteiger partial charge in [-0.2, -0.15) is 4.31 Å². The van der Waals surface area contributed by atoms with Crippen LogP contribution in [0.3, 0.4) is 0 Å². The molecule has 7 heteroatoms. The SMILES string of the molecule is Cc1ccc(C)c(-c2csc(N3CCN(S(=O)(=O)c4c(C(C)C)cc(C(C)C)cc4C(C)C)CC3)n2)c1. The molecule has 0 saturated carbocycles. The Hall–Kier alpha value is -2.22. The minimum atomic E-state index is -3.62. The molecule has 5 nitrogen and oxygen atoms in total. The third kappa shape index (κ3) is 5.64. The van der Waals surface area contributed by atoms with Crippen LogP contribution in [0.1, 0.15) is 87.1 Å². The fourth-order valence-electron chi connectivity index (χ4n) is 4.98. The average Bonchev–Trinajstić information content (AvgIpc) is 3.34. The largest absolute Gasteiger partial charge is 0.345 e. The van der Waals surface area contributed by atoms with E-state index in [0.717, 1.165) is 27.5 Å². The Balaban J connectivity index is 1.59. The second-order valence-corrected chi connectivity index (χ2v) is 13.9. The fourth-order valence-corrected chi connectivity index (χ4v) is 7.95. The summed E-state index contributed by atoms with van der Waals surface area (Å²) in [6, 6.07) is 10.7. The van der Waals surface area contributed by atoms with Gasteiger partial charge >= 0.3 is 0 Å². The molecule has 0 atom stereocenters. The summed E-state index contributed by atoms with van der Waals surface area (Å²) in [5, 5.41) is 3.07. The molecule has 0 spiro atoms. The molecule has 1 aliphatic rings. The van der Waals surface area contributed by atoms with E-state index >= 15 is 0 Å². The number of aromatic nitrogens is 1. The second kappa shape index (κ2) is 10.9. The Morgan fingerprint density at radius 3 is 1.97 bits per heavy atom. The molecule has 0 aliphatic carbocycles. The van der Waals surface area contributed by atoms with Crippen LogP contribution >= 0.6 is 11.3 Å². The third-order valence-electron chi connectivity index (χ3n) is 7.35. The zero-order chi connectivity index (χ0) is 27.1. The first-order valence-corrected chi connectivity index (χ1v) is 15.7. The van der Waals surface area contributed by atoms with Crippen molar-refractivity contribution in [2.24, 2.45) is 0 Å². The average molecular weight is 540 g/mol. The van der Waals surface area contributed by atoms with Crippen LogP contribution in [0.25, 0.3) is 11.3 Å². The van der Waals surface area contributed by atoms with Crippen molar-refractivity contribution in [3.05, 3.63) is 63.5 Å². The molecule has 1 aromatic heterocycles. The van der Waals surface area contributed by atoms with E-state index in [0.29, 0.717) is 37.0 Å². The van der Waals surface area contributed by atoms with Gasteiger partial charge in [-0.1, -0.05) is 71.4 Å². The topological polar surface area (TPSA) is 53.5 Å². The quantitative estimate of drug-likeness (QED) is 0.316. The van der Waals surface area contributed by atoms with Gasteiger partial charge in [0.05, 0.1) is 10.6 Å². The highest BCUT2D eigenvalue weighted by molar-refractivity contribution is 7.89. The number of anilines is 1. The van der Waals surface area contributed by atoms with E-state index in [1.54, 1.807) is 15.6 Å². The predicted octanol–water partition coefficient (Wildman–Crippen LogP) is 7.31. The summed E-state index contributed by atoms with van der Waals surface area (Å²) in [5.41, 5.74) is 7.67. The van der Waals surface area contributed by atoms with Crippen molar-refractivity contribution >= 4 is 26.5 Å². The van der Waals surface area contributed by atoms with E-state index in [-0.39, 0.29) is 11.8 Å². The maximum atomic E-state index is 14.1. The van der Waals surface area contributed by atoms with E-state index in [1.807, 2.05) is 0 Å². The van der Waals surface area contributed by atoms with E-state index in [9.17, 15) is 8.42 Å². The Kier molecular flexibility index (Phi) is 8.17. The van der Waals surface area contributed by atoms with E-state index in [4.69, 9.17) is 4.98 Å². The molecule has 0 radical (unpaired) electrons. The van der Waals surface area contributed by atoms with Crippen LogP contribution in [0.2, 0.25) is 0 Å². The predicted molar refractivity (Wildman–Crippen MR) is 157 cm³/mol. The van der Waals surface area contributed by atoms with Gasteiger partial charge in [0.25, 0.3) is 0 Å².